The lowest BCUT2D eigenvalue weighted by molar-refractivity contribution is -0.127. The van der Waals surface area contributed by atoms with Crippen LogP contribution in [0.15, 0.2) is 24.4 Å². The van der Waals surface area contributed by atoms with Crippen LogP contribution in [0.4, 0.5) is 0 Å². The molecule has 4 atom stereocenters. The predicted octanol–water partition coefficient (Wildman–Crippen LogP) is 1.89. The molecule has 2 N–H and O–H groups in total. The van der Waals surface area contributed by atoms with Crippen molar-refractivity contribution in [1.29, 1.82) is 0 Å². The van der Waals surface area contributed by atoms with Crippen molar-refractivity contribution in [3.63, 3.8) is 0 Å². The first kappa shape index (κ1) is 15.0. The minimum atomic E-state index is -0.127. The monoisotopic (exact) mass is 301 g/mol. The molecular weight excluding hydrogens is 278 g/mol. The van der Waals surface area contributed by atoms with Gasteiger partial charge in [0.25, 0.3) is 5.91 Å². The molecule has 3 rings (SSSR count). The fourth-order valence-electron chi connectivity index (χ4n) is 3.91. The normalized spacial score (nSPS) is 31.0. The van der Waals surface area contributed by atoms with E-state index in [9.17, 15) is 9.59 Å². The molecule has 0 bridgehead atoms. The fraction of sp³-hybridized carbons (Fsp3) is 0.588. The first-order valence-corrected chi connectivity index (χ1v) is 8.18. The molecule has 1 saturated carbocycles. The van der Waals surface area contributed by atoms with E-state index >= 15 is 0 Å². The zero-order chi connectivity index (χ0) is 15.5. The molecule has 118 valence electrons. The molecule has 1 saturated heterocycles. The number of carbonyl (C=O) groups is 2. The van der Waals surface area contributed by atoms with Crippen molar-refractivity contribution in [2.45, 2.75) is 51.1 Å². The third-order valence-electron chi connectivity index (χ3n) is 5.06. The molecule has 2 fully saturated rings. The molecule has 2 aliphatic rings. The maximum absolute atomic E-state index is 12.2. The molecule has 1 aromatic rings. The number of nitrogens with zero attached hydrogens (tertiary/aromatic N) is 1. The highest BCUT2D eigenvalue weighted by atomic mass is 16.2. The van der Waals surface area contributed by atoms with Gasteiger partial charge in [0, 0.05) is 24.7 Å². The lowest BCUT2D eigenvalue weighted by Crippen LogP contribution is -2.55. The van der Waals surface area contributed by atoms with E-state index in [0.717, 1.165) is 25.7 Å². The molecule has 22 heavy (non-hydrogen) atoms. The van der Waals surface area contributed by atoms with Gasteiger partial charge < -0.3 is 10.6 Å². The summed E-state index contributed by atoms with van der Waals surface area (Å²) in [7, 11) is 0. The summed E-state index contributed by atoms with van der Waals surface area (Å²) in [5.41, 5.74) is 0.448. The number of piperidine rings is 1. The van der Waals surface area contributed by atoms with Crippen LogP contribution in [0.2, 0.25) is 0 Å². The summed E-state index contributed by atoms with van der Waals surface area (Å²) < 4.78 is 0. The Morgan fingerprint density at radius 3 is 3.00 bits per heavy atom. The van der Waals surface area contributed by atoms with Crippen molar-refractivity contribution < 1.29 is 9.59 Å². The highest BCUT2D eigenvalue weighted by Crippen LogP contribution is 2.36. The number of carbonyl (C=O) groups excluding carboxylic acids is 2. The Morgan fingerprint density at radius 2 is 2.27 bits per heavy atom. The van der Waals surface area contributed by atoms with Gasteiger partial charge in [-0.25, -0.2) is 0 Å². The van der Waals surface area contributed by atoms with Gasteiger partial charge in [0.05, 0.1) is 0 Å². The van der Waals surface area contributed by atoms with Crippen molar-refractivity contribution in [1.82, 2.24) is 15.6 Å². The highest BCUT2D eigenvalue weighted by molar-refractivity contribution is 5.92. The number of nitrogens with one attached hydrogen (secondary N) is 2. The minimum Gasteiger partial charge on any atom is -0.353 e. The summed E-state index contributed by atoms with van der Waals surface area (Å²) in [4.78, 5) is 28.1. The van der Waals surface area contributed by atoms with Crippen molar-refractivity contribution in [2.24, 2.45) is 11.8 Å². The van der Waals surface area contributed by atoms with E-state index in [0.29, 0.717) is 24.0 Å². The molecule has 0 radical (unpaired) electrons. The summed E-state index contributed by atoms with van der Waals surface area (Å²) >= 11 is 0. The fourth-order valence-corrected chi connectivity index (χ4v) is 3.91. The van der Waals surface area contributed by atoms with E-state index in [1.165, 1.54) is 0 Å². The van der Waals surface area contributed by atoms with Crippen LogP contribution in [-0.2, 0) is 4.79 Å². The van der Waals surface area contributed by atoms with Crippen LogP contribution < -0.4 is 10.6 Å². The first-order valence-electron chi connectivity index (χ1n) is 8.18. The van der Waals surface area contributed by atoms with Gasteiger partial charge in [-0.2, -0.15) is 0 Å². The van der Waals surface area contributed by atoms with Crippen LogP contribution in [0.1, 0.15) is 49.5 Å². The first-order chi connectivity index (χ1) is 10.7. The molecule has 1 aromatic heterocycles. The van der Waals surface area contributed by atoms with Crippen LogP contribution in [0.25, 0.3) is 0 Å². The van der Waals surface area contributed by atoms with Gasteiger partial charge >= 0.3 is 0 Å². The Balaban J connectivity index is 1.62. The van der Waals surface area contributed by atoms with Gasteiger partial charge in [0.15, 0.2) is 0 Å². The number of hydrogen-bond acceptors (Lipinski definition) is 3. The summed E-state index contributed by atoms with van der Waals surface area (Å²) in [5, 5.41) is 6.18. The van der Waals surface area contributed by atoms with Crippen molar-refractivity contribution in [3.05, 3.63) is 30.1 Å². The van der Waals surface area contributed by atoms with Crippen LogP contribution in [-0.4, -0.2) is 28.9 Å². The predicted molar refractivity (Wildman–Crippen MR) is 83.2 cm³/mol. The van der Waals surface area contributed by atoms with Crippen LogP contribution in [0.3, 0.4) is 0 Å². The van der Waals surface area contributed by atoms with Crippen molar-refractivity contribution >= 4 is 11.8 Å². The van der Waals surface area contributed by atoms with Gasteiger partial charge in [-0.05, 0) is 43.2 Å². The number of hydrogen-bond donors (Lipinski definition) is 2. The Labute approximate surface area is 130 Å². The molecule has 1 aliphatic heterocycles. The van der Waals surface area contributed by atoms with E-state index in [-0.39, 0.29) is 23.9 Å². The number of rotatable bonds is 3. The lowest BCUT2D eigenvalue weighted by Gasteiger charge is -2.43. The molecule has 2 heterocycles. The van der Waals surface area contributed by atoms with E-state index < -0.39 is 0 Å². The number of aromatic nitrogens is 1. The Kier molecular flexibility index (Phi) is 4.41. The zero-order valence-electron chi connectivity index (χ0n) is 12.9. The molecule has 2 amide bonds. The summed E-state index contributed by atoms with van der Waals surface area (Å²) in [6.45, 7) is 2.16. The summed E-state index contributed by atoms with van der Waals surface area (Å²) in [5.74, 6) is 1.08. The van der Waals surface area contributed by atoms with Crippen LogP contribution >= 0.6 is 0 Å². The topological polar surface area (TPSA) is 71.1 Å². The van der Waals surface area contributed by atoms with Crippen LogP contribution in [0, 0.1) is 11.8 Å². The maximum atomic E-state index is 12.2. The van der Waals surface area contributed by atoms with E-state index in [4.69, 9.17) is 0 Å². The molecule has 1 aliphatic carbocycles. The molecule has 0 aromatic carbocycles. The summed E-state index contributed by atoms with van der Waals surface area (Å²) in [6.07, 6.45) is 6.20. The second kappa shape index (κ2) is 6.46. The molecule has 0 spiro atoms. The SMILES string of the molecule is CCC1CC(=O)NC2CC(NC(=O)c3ccccn3)CCC12. The van der Waals surface area contributed by atoms with Crippen molar-refractivity contribution in [2.75, 3.05) is 0 Å². The Hall–Kier alpha value is -1.91. The number of fused-ring (bicyclic) bond motifs is 1. The average molecular weight is 301 g/mol. The quantitative estimate of drug-likeness (QED) is 0.895. The zero-order valence-corrected chi connectivity index (χ0v) is 12.9. The second-order valence-electron chi connectivity index (χ2n) is 6.41. The van der Waals surface area contributed by atoms with Gasteiger partial charge in [0.1, 0.15) is 5.69 Å². The maximum Gasteiger partial charge on any atom is 0.270 e. The largest absolute Gasteiger partial charge is 0.353 e. The molecule has 4 unspecified atom stereocenters. The number of amides is 2. The minimum absolute atomic E-state index is 0.117. The third kappa shape index (κ3) is 3.13. The summed E-state index contributed by atoms with van der Waals surface area (Å²) in [6, 6.07) is 5.65. The van der Waals surface area contributed by atoms with E-state index in [1.807, 2.05) is 6.07 Å². The van der Waals surface area contributed by atoms with Gasteiger partial charge in [-0.15, -0.1) is 0 Å². The standard InChI is InChI=1S/C17H23N3O2/c1-2-11-9-16(21)20-15-10-12(6-7-13(11)15)19-17(22)14-5-3-4-8-18-14/h3-5,8,11-13,15H,2,6-7,9-10H2,1H3,(H,19,22)(H,20,21). The number of pyridine rings is 1. The molecular formula is C17H23N3O2. The highest BCUT2D eigenvalue weighted by Gasteiger charge is 2.40. The molecule has 5 heteroatoms. The van der Waals surface area contributed by atoms with Crippen molar-refractivity contribution in [3.8, 4) is 0 Å². The van der Waals surface area contributed by atoms with Gasteiger partial charge in [-0.3, -0.25) is 14.6 Å². The Morgan fingerprint density at radius 1 is 1.41 bits per heavy atom. The smallest absolute Gasteiger partial charge is 0.270 e. The third-order valence-corrected chi connectivity index (χ3v) is 5.06. The van der Waals surface area contributed by atoms with E-state index in [1.54, 1.807) is 18.3 Å². The van der Waals surface area contributed by atoms with Crippen LogP contribution in [0.5, 0.6) is 0 Å². The molecule has 5 nitrogen and oxygen atoms in total. The Bertz CT molecular complexity index is 546. The van der Waals surface area contributed by atoms with Gasteiger partial charge in [-0.1, -0.05) is 19.4 Å². The van der Waals surface area contributed by atoms with E-state index in [2.05, 4.69) is 22.5 Å². The van der Waals surface area contributed by atoms with Gasteiger partial charge in [0.2, 0.25) is 5.91 Å². The second-order valence-corrected chi connectivity index (χ2v) is 6.41. The average Bonchev–Trinajstić information content (AvgIpc) is 2.54. The lowest BCUT2D eigenvalue weighted by atomic mass is 9.70.